The van der Waals surface area contributed by atoms with Crippen molar-refractivity contribution in [1.29, 1.82) is 0 Å². The van der Waals surface area contributed by atoms with Crippen LogP contribution in [0.25, 0.3) is 10.2 Å². The van der Waals surface area contributed by atoms with Gasteiger partial charge in [-0.2, -0.15) is 0 Å². The van der Waals surface area contributed by atoms with E-state index in [1.807, 2.05) is 32.2 Å². The van der Waals surface area contributed by atoms with Gasteiger partial charge in [0.15, 0.2) is 0 Å². The predicted molar refractivity (Wildman–Crippen MR) is 107 cm³/mol. The summed E-state index contributed by atoms with van der Waals surface area (Å²) in [5.74, 6) is 5.66. The number of nitrogens with one attached hydrogen (secondary N) is 1. The van der Waals surface area contributed by atoms with E-state index in [1.165, 1.54) is 11.3 Å². The van der Waals surface area contributed by atoms with Crippen LogP contribution < -0.4 is 10.7 Å². The topological polar surface area (TPSA) is 51.1 Å². The molecular formula is C20H17ClN2O2S. The fourth-order valence-corrected chi connectivity index (χ4v) is 3.68. The lowest BCUT2D eigenvalue weighted by molar-refractivity contribution is 0.0949. The van der Waals surface area contributed by atoms with Gasteiger partial charge in [0, 0.05) is 31.2 Å². The molecule has 26 heavy (non-hydrogen) atoms. The summed E-state index contributed by atoms with van der Waals surface area (Å²) in [4.78, 5) is 26.1. The Labute approximate surface area is 160 Å². The molecule has 0 bridgehead atoms. The molecule has 0 saturated heterocycles. The van der Waals surface area contributed by atoms with Gasteiger partial charge in [-0.05, 0) is 23.8 Å². The van der Waals surface area contributed by atoms with Crippen molar-refractivity contribution in [3.63, 3.8) is 0 Å². The first kappa shape index (κ1) is 18.2. The molecule has 0 atom stereocenters. The van der Waals surface area contributed by atoms with Gasteiger partial charge in [-0.3, -0.25) is 9.59 Å². The Morgan fingerprint density at radius 1 is 1.31 bits per heavy atom. The van der Waals surface area contributed by atoms with E-state index < -0.39 is 5.91 Å². The van der Waals surface area contributed by atoms with Crippen LogP contribution >= 0.6 is 22.9 Å². The second-order valence-electron chi connectivity index (χ2n) is 5.77. The Bertz CT molecular complexity index is 1090. The molecule has 0 radical (unpaired) electrons. The molecule has 6 heteroatoms. The third-order valence-corrected chi connectivity index (χ3v) is 5.16. The molecule has 0 aliphatic heterocycles. The number of fused-ring (bicyclic) bond motifs is 1. The second kappa shape index (κ2) is 7.77. The molecule has 1 aromatic carbocycles. The van der Waals surface area contributed by atoms with Gasteiger partial charge in [-0.1, -0.05) is 42.5 Å². The van der Waals surface area contributed by atoms with Gasteiger partial charge in [-0.25, -0.2) is 0 Å². The summed E-state index contributed by atoms with van der Waals surface area (Å²) in [7, 11) is 1.82. The van der Waals surface area contributed by atoms with E-state index in [4.69, 9.17) is 11.6 Å². The lowest BCUT2D eigenvalue weighted by Crippen LogP contribution is -2.29. The van der Waals surface area contributed by atoms with Gasteiger partial charge in [0.25, 0.3) is 5.91 Å². The maximum atomic E-state index is 12.7. The van der Waals surface area contributed by atoms with Crippen LogP contribution in [-0.2, 0) is 13.6 Å². The van der Waals surface area contributed by atoms with Crippen LogP contribution in [0.3, 0.4) is 0 Å². The third-order valence-electron chi connectivity index (χ3n) is 3.87. The number of rotatable bonds is 3. The summed E-state index contributed by atoms with van der Waals surface area (Å²) in [6, 6.07) is 9.08. The van der Waals surface area contributed by atoms with Crippen LogP contribution in [0.5, 0.6) is 0 Å². The number of nitrogens with zero attached hydrogens (tertiary/aromatic N) is 1. The maximum Gasteiger partial charge on any atom is 0.257 e. The van der Waals surface area contributed by atoms with E-state index in [-0.39, 0.29) is 11.0 Å². The number of carbonyl (C=O) groups excluding carboxylic acids is 1. The van der Waals surface area contributed by atoms with Crippen LogP contribution in [0.1, 0.15) is 34.1 Å². The van der Waals surface area contributed by atoms with Crippen molar-refractivity contribution < 1.29 is 4.79 Å². The van der Waals surface area contributed by atoms with E-state index in [2.05, 4.69) is 17.2 Å². The standard InChI is InChI=1S/C20H17ClN2O2S/c1-3-4-5-15-10-17-19(26-15)18(24)16(12-23(17)2)20(25)22-11-13-6-8-14(21)9-7-13/h6-10,12H,3,11H2,1-2H3,(H,22,25). The molecule has 0 fully saturated rings. The minimum absolute atomic E-state index is 0.130. The molecular weight excluding hydrogens is 368 g/mol. The van der Waals surface area contributed by atoms with Crippen LogP contribution in [0.15, 0.2) is 41.3 Å². The largest absolute Gasteiger partial charge is 0.349 e. The quantitative estimate of drug-likeness (QED) is 0.695. The van der Waals surface area contributed by atoms with Gasteiger partial charge < -0.3 is 9.88 Å². The van der Waals surface area contributed by atoms with Crippen molar-refractivity contribution in [3.8, 4) is 11.8 Å². The zero-order valence-electron chi connectivity index (χ0n) is 14.4. The fraction of sp³-hybridized carbons (Fsp3) is 0.200. The molecule has 3 aromatic rings. The Balaban J connectivity index is 1.89. The van der Waals surface area contributed by atoms with Crippen molar-refractivity contribution in [2.24, 2.45) is 7.05 Å². The highest BCUT2D eigenvalue weighted by atomic mass is 35.5. The molecule has 4 nitrogen and oxygen atoms in total. The highest BCUT2D eigenvalue weighted by molar-refractivity contribution is 7.19. The van der Waals surface area contributed by atoms with Gasteiger partial charge >= 0.3 is 0 Å². The fourth-order valence-electron chi connectivity index (χ4n) is 2.53. The molecule has 0 aliphatic carbocycles. The molecule has 1 N–H and O–H groups in total. The van der Waals surface area contributed by atoms with Crippen molar-refractivity contribution in [1.82, 2.24) is 9.88 Å². The lowest BCUT2D eigenvalue weighted by Gasteiger charge is -2.07. The first-order chi connectivity index (χ1) is 12.5. The number of halogens is 1. The van der Waals surface area contributed by atoms with Gasteiger partial charge in [-0.15, -0.1) is 11.3 Å². The van der Waals surface area contributed by atoms with Crippen LogP contribution in [0, 0.1) is 11.8 Å². The first-order valence-corrected chi connectivity index (χ1v) is 9.33. The Kier molecular flexibility index (Phi) is 5.46. The van der Waals surface area contributed by atoms with Crippen molar-refractivity contribution in [2.45, 2.75) is 19.9 Å². The van der Waals surface area contributed by atoms with Crippen LogP contribution in [0.2, 0.25) is 5.02 Å². The average Bonchev–Trinajstić information content (AvgIpc) is 3.07. The predicted octanol–water partition coefficient (Wildman–Crippen LogP) is 3.94. The number of amides is 1. The number of carbonyl (C=O) groups is 1. The molecule has 1 amide bonds. The van der Waals surface area contributed by atoms with Crippen LogP contribution in [0.4, 0.5) is 0 Å². The number of hydrogen-bond donors (Lipinski definition) is 1. The summed E-state index contributed by atoms with van der Waals surface area (Å²) < 4.78 is 2.34. The molecule has 132 valence electrons. The number of aromatic nitrogens is 1. The monoisotopic (exact) mass is 384 g/mol. The van der Waals surface area contributed by atoms with E-state index in [1.54, 1.807) is 22.9 Å². The summed E-state index contributed by atoms with van der Waals surface area (Å²) >= 11 is 7.18. The van der Waals surface area contributed by atoms with E-state index in [0.29, 0.717) is 16.3 Å². The zero-order chi connectivity index (χ0) is 18.7. The molecule has 0 aliphatic rings. The number of thiophene rings is 1. The SMILES string of the molecule is CCC#Cc1cc2c(s1)c(=O)c(C(=O)NCc1ccc(Cl)cc1)cn2C. The summed E-state index contributed by atoms with van der Waals surface area (Å²) in [5, 5.41) is 3.43. The minimum atomic E-state index is -0.392. The van der Waals surface area contributed by atoms with Crippen molar-refractivity contribution >= 4 is 39.1 Å². The van der Waals surface area contributed by atoms with E-state index >= 15 is 0 Å². The molecule has 2 aromatic heterocycles. The maximum absolute atomic E-state index is 12.7. The Hall–Kier alpha value is -2.55. The highest BCUT2D eigenvalue weighted by Crippen LogP contribution is 2.22. The Morgan fingerprint density at radius 2 is 2.04 bits per heavy atom. The smallest absolute Gasteiger partial charge is 0.257 e. The summed E-state index contributed by atoms with van der Waals surface area (Å²) in [6.45, 7) is 2.30. The zero-order valence-corrected chi connectivity index (χ0v) is 16.0. The normalized spacial score (nSPS) is 10.4. The number of pyridine rings is 1. The molecule has 0 saturated carbocycles. The minimum Gasteiger partial charge on any atom is -0.349 e. The molecule has 0 spiro atoms. The number of benzene rings is 1. The lowest BCUT2D eigenvalue weighted by atomic mass is 10.2. The second-order valence-corrected chi connectivity index (χ2v) is 7.26. The van der Waals surface area contributed by atoms with Gasteiger partial charge in [0.05, 0.1) is 10.4 Å². The number of hydrogen-bond acceptors (Lipinski definition) is 3. The molecule has 3 rings (SSSR count). The van der Waals surface area contributed by atoms with Crippen LogP contribution in [-0.4, -0.2) is 10.5 Å². The third kappa shape index (κ3) is 3.82. The van der Waals surface area contributed by atoms with E-state index in [9.17, 15) is 9.59 Å². The van der Waals surface area contributed by atoms with Crippen molar-refractivity contribution in [3.05, 3.63) is 67.8 Å². The van der Waals surface area contributed by atoms with E-state index in [0.717, 1.165) is 22.4 Å². The van der Waals surface area contributed by atoms with Crippen molar-refractivity contribution in [2.75, 3.05) is 0 Å². The molecule has 0 unspecified atom stereocenters. The van der Waals surface area contributed by atoms with Gasteiger partial charge in [0.1, 0.15) is 10.3 Å². The first-order valence-electron chi connectivity index (χ1n) is 8.14. The summed E-state index contributed by atoms with van der Waals surface area (Å²) in [5.41, 5.74) is 1.57. The Morgan fingerprint density at radius 3 is 2.73 bits per heavy atom. The van der Waals surface area contributed by atoms with Gasteiger partial charge in [0.2, 0.25) is 5.43 Å². The molecule has 2 heterocycles. The highest BCUT2D eigenvalue weighted by Gasteiger charge is 2.16. The number of aryl methyl sites for hydroxylation is 1. The average molecular weight is 385 g/mol. The summed E-state index contributed by atoms with van der Waals surface area (Å²) in [6.07, 6.45) is 2.33.